The second kappa shape index (κ2) is 6.74. The second-order valence-electron chi connectivity index (χ2n) is 4.32. The van der Waals surface area contributed by atoms with Gasteiger partial charge in [-0.1, -0.05) is 29.8 Å². The highest BCUT2D eigenvalue weighted by Gasteiger charge is 2.08. The average molecular weight is 368 g/mol. The standard InChI is InChI=1S/C15H12BrClN2O2/c1-9(20)10-4-2-5-11(8-10)18-15(21)19-13-7-3-6-12(17)14(13)16/h2-8H,1H3,(H2,18,19,21). The quantitative estimate of drug-likeness (QED) is 0.754. The third kappa shape index (κ3) is 4.06. The maximum atomic E-state index is 12.0. The molecule has 2 aromatic rings. The minimum Gasteiger partial charge on any atom is -0.308 e. The van der Waals surface area contributed by atoms with Gasteiger partial charge in [0.1, 0.15) is 0 Å². The maximum Gasteiger partial charge on any atom is 0.323 e. The van der Waals surface area contributed by atoms with Gasteiger partial charge in [-0.3, -0.25) is 4.79 Å². The number of amides is 2. The van der Waals surface area contributed by atoms with Gasteiger partial charge >= 0.3 is 6.03 Å². The molecule has 2 rings (SSSR count). The number of hydrogen-bond acceptors (Lipinski definition) is 2. The Bertz CT molecular complexity index is 704. The third-order valence-electron chi connectivity index (χ3n) is 2.73. The Morgan fingerprint density at radius 1 is 1.10 bits per heavy atom. The first-order chi connectivity index (χ1) is 9.97. The van der Waals surface area contributed by atoms with Gasteiger partial charge in [-0.2, -0.15) is 0 Å². The molecule has 0 bridgehead atoms. The summed E-state index contributed by atoms with van der Waals surface area (Å²) in [5.41, 5.74) is 1.64. The van der Waals surface area contributed by atoms with E-state index in [-0.39, 0.29) is 5.78 Å². The van der Waals surface area contributed by atoms with Gasteiger partial charge < -0.3 is 10.6 Å². The largest absolute Gasteiger partial charge is 0.323 e. The van der Waals surface area contributed by atoms with Crippen molar-refractivity contribution in [1.82, 2.24) is 0 Å². The predicted octanol–water partition coefficient (Wildman–Crippen LogP) is 4.95. The van der Waals surface area contributed by atoms with Gasteiger partial charge in [0.25, 0.3) is 0 Å². The fraction of sp³-hybridized carbons (Fsp3) is 0.0667. The molecule has 2 N–H and O–H groups in total. The number of carbonyl (C=O) groups excluding carboxylic acids is 2. The first kappa shape index (κ1) is 15.5. The van der Waals surface area contributed by atoms with Crippen LogP contribution in [0.25, 0.3) is 0 Å². The molecule has 0 radical (unpaired) electrons. The number of Topliss-reactive ketones (excluding diaryl/α,β-unsaturated/α-hetero) is 1. The van der Waals surface area contributed by atoms with Crippen molar-refractivity contribution in [2.45, 2.75) is 6.92 Å². The van der Waals surface area contributed by atoms with Crippen molar-refractivity contribution in [3.05, 3.63) is 57.5 Å². The van der Waals surface area contributed by atoms with E-state index in [4.69, 9.17) is 11.6 Å². The molecular formula is C15H12BrClN2O2. The molecule has 0 fully saturated rings. The van der Waals surface area contributed by atoms with Crippen LogP contribution in [0.5, 0.6) is 0 Å². The number of anilines is 2. The zero-order valence-electron chi connectivity index (χ0n) is 11.1. The summed E-state index contributed by atoms with van der Waals surface area (Å²) in [6.45, 7) is 1.47. The van der Waals surface area contributed by atoms with E-state index < -0.39 is 6.03 Å². The van der Waals surface area contributed by atoms with Gasteiger partial charge in [0.05, 0.1) is 15.2 Å². The number of hydrogen-bond donors (Lipinski definition) is 2. The zero-order chi connectivity index (χ0) is 15.4. The third-order valence-corrected chi connectivity index (χ3v) is 4.12. The monoisotopic (exact) mass is 366 g/mol. The van der Waals surface area contributed by atoms with Crippen LogP contribution in [0.2, 0.25) is 5.02 Å². The van der Waals surface area contributed by atoms with Gasteiger partial charge in [-0.15, -0.1) is 0 Å². The Hall–Kier alpha value is -1.85. The van der Waals surface area contributed by atoms with Crippen LogP contribution >= 0.6 is 27.5 Å². The Morgan fingerprint density at radius 2 is 1.81 bits per heavy atom. The van der Waals surface area contributed by atoms with Crippen LogP contribution in [0.3, 0.4) is 0 Å². The van der Waals surface area contributed by atoms with Gasteiger partial charge in [0.15, 0.2) is 5.78 Å². The van der Waals surface area contributed by atoms with Gasteiger partial charge in [-0.05, 0) is 47.1 Å². The van der Waals surface area contributed by atoms with Crippen LogP contribution in [0.1, 0.15) is 17.3 Å². The molecular weight excluding hydrogens is 356 g/mol. The second-order valence-corrected chi connectivity index (χ2v) is 5.52. The van der Waals surface area contributed by atoms with E-state index in [1.807, 2.05) is 0 Å². The topological polar surface area (TPSA) is 58.2 Å². The lowest BCUT2D eigenvalue weighted by Gasteiger charge is -2.10. The van der Waals surface area contributed by atoms with Crippen molar-refractivity contribution in [2.75, 3.05) is 10.6 Å². The van der Waals surface area contributed by atoms with Crippen LogP contribution in [0.15, 0.2) is 46.9 Å². The fourth-order valence-electron chi connectivity index (χ4n) is 1.70. The van der Waals surface area contributed by atoms with E-state index in [1.165, 1.54) is 6.92 Å². The van der Waals surface area contributed by atoms with Crippen LogP contribution in [-0.2, 0) is 0 Å². The maximum absolute atomic E-state index is 12.0. The molecule has 21 heavy (non-hydrogen) atoms. The van der Waals surface area contributed by atoms with E-state index >= 15 is 0 Å². The average Bonchev–Trinajstić information content (AvgIpc) is 2.44. The van der Waals surface area contributed by atoms with Crippen LogP contribution in [0.4, 0.5) is 16.2 Å². The molecule has 0 aliphatic heterocycles. The molecule has 0 saturated heterocycles. The smallest absolute Gasteiger partial charge is 0.308 e. The van der Waals surface area contributed by atoms with Crippen LogP contribution < -0.4 is 10.6 Å². The Labute approximate surface area is 135 Å². The van der Waals surface area contributed by atoms with E-state index in [2.05, 4.69) is 26.6 Å². The number of halogens is 2. The highest BCUT2D eigenvalue weighted by molar-refractivity contribution is 9.10. The molecule has 0 aliphatic carbocycles. The van der Waals surface area contributed by atoms with Crippen molar-refractivity contribution in [3.63, 3.8) is 0 Å². The molecule has 0 heterocycles. The van der Waals surface area contributed by atoms with Crippen molar-refractivity contribution in [1.29, 1.82) is 0 Å². The lowest BCUT2D eigenvalue weighted by Crippen LogP contribution is -2.19. The van der Waals surface area contributed by atoms with E-state index in [0.717, 1.165) is 0 Å². The molecule has 108 valence electrons. The summed E-state index contributed by atoms with van der Waals surface area (Å²) in [7, 11) is 0. The van der Waals surface area contributed by atoms with Crippen molar-refractivity contribution in [2.24, 2.45) is 0 Å². The number of ketones is 1. The molecule has 0 aromatic heterocycles. The van der Waals surface area contributed by atoms with Crippen molar-refractivity contribution in [3.8, 4) is 0 Å². The minimum absolute atomic E-state index is 0.0587. The first-order valence-corrected chi connectivity index (χ1v) is 7.27. The van der Waals surface area contributed by atoms with Gasteiger partial charge in [0.2, 0.25) is 0 Å². The van der Waals surface area contributed by atoms with Crippen molar-refractivity contribution >= 4 is 50.7 Å². The number of carbonyl (C=O) groups is 2. The molecule has 6 heteroatoms. The molecule has 4 nitrogen and oxygen atoms in total. The van der Waals surface area contributed by atoms with E-state index in [1.54, 1.807) is 42.5 Å². The summed E-state index contributed by atoms with van der Waals surface area (Å²) < 4.78 is 0.610. The lowest BCUT2D eigenvalue weighted by molar-refractivity contribution is 0.101. The highest BCUT2D eigenvalue weighted by Crippen LogP contribution is 2.30. The van der Waals surface area contributed by atoms with Gasteiger partial charge in [-0.25, -0.2) is 4.79 Å². The normalized spacial score (nSPS) is 10.0. The summed E-state index contributed by atoms with van der Waals surface area (Å²) in [5, 5.41) is 5.85. The van der Waals surface area contributed by atoms with Crippen LogP contribution in [0, 0.1) is 0 Å². The number of urea groups is 1. The Morgan fingerprint density at radius 3 is 2.52 bits per heavy atom. The fourth-order valence-corrected chi connectivity index (χ4v) is 2.24. The summed E-state index contributed by atoms with van der Waals surface area (Å²) in [5.74, 6) is -0.0587. The molecule has 0 aliphatic rings. The number of rotatable bonds is 3. The van der Waals surface area contributed by atoms with E-state index in [0.29, 0.717) is 26.4 Å². The molecule has 0 atom stereocenters. The number of benzene rings is 2. The van der Waals surface area contributed by atoms with Crippen LogP contribution in [-0.4, -0.2) is 11.8 Å². The highest BCUT2D eigenvalue weighted by atomic mass is 79.9. The van der Waals surface area contributed by atoms with E-state index in [9.17, 15) is 9.59 Å². The molecule has 0 spiro atoms. The Balaban J connectivity index is 2.10. The molecule has 2 amide bonds. The molecule has 0 unspecified atom stereocenters. The van der Waals surface area contributed by atoms with Gasteiger partial charge in [0, 0.05) is 11.3 Å². The minimum atomic E-state index is -0.418. The zero-order valence-corrected chi connectivity index (χ0v) is 13.5. The summed E-state index contributed by atoms with van der Waals surface area (Å²) >= 11 is 9.26. The summed E-state index contributed by atoms with van der Waals surface area (Å²) in [6.07, 6.45) is 0. The molecule has 0 saturated carbocycles. The summed E-state index contributed by atoms with van der Waals surface area (Å²) in [4.78, 5) is 23.3. The predicted molar refractivity (Wildman–Crippen MR) is 88.2 cm³/mol. The summed E-state index contributed by atoms with van der Waals surface area (Å²) in [6, 6.07) is 11.5. The number of nitrogens with one attached hydrogen (secondary N) is 2. The molecule has 2 aromatic carbocycles. The SMILES string of the molecule is CC(=O)c1cccc(NC(=O)Nc2cccc(Cl)c2Br)c1. The lowest BCUT2D eigenvalue weighted by atomic mass is 10.1. The first-order valence-electron chi connectivity index (χ1n) is 6.10. The Kier molecular flexibility index (Phi) is 4.98. The van der Waals surface area contributed by atoms with Crippen molar-refractivity contribution < 1.29 is 9.59 Å².